The zero-order valence-corrected chi connectivity index (χ0v) is 11.5. The fraction of sp³-hybridized carbons (Fsp3) is 0.750. The molecule has 0 atom stereocenters. The van der Waals surface area contributed by atoms with E-state index in [-0.39, 0.29) is 3.79 Å². The number of allylic oxidation sites excluding steroid dienone is 2. The Labute approximate surface area is 101 Å². The monoisotopic (exact) mass is 308 g/mol. The lowest BCUT2D eigenvalue weighted by Crippen LogP contribution is -1.86. The minimum atomic E-state index is 0.175. The summed E-state index contributed by atoms with van der Waals surface area (Å²) in [5.41, 5.74) is 0.902. The van der Waals surface area contributed by atoms with Gasteiger partial charge in [0.2, 0.25) is 3.79 Å². The van der Waals surface area contributed by atoms with Gasteiger partial charge >= 0.3 is 0 Å². The Bertz CT molecular complexity index is 185. The third-order valence-corrected chi connectivity index (χ3v) is 3.17. The number of hydrogen-bond acceptors (Lipinski definition) is 1. The molecule has 0 aromatic rings. The van der Waals surface area contributed by atoms with Gasteiger partial charge in [-0.1, -0.05) is 45.1 Å². The van der Waals surface area contributed by atoms with Crippen LogP contribution in [0.15, 0.2) is 11.6 Å². The first-order chi connectivity index (χ1) is 6.68. The summed E-state index contributed by atoms with van der Waals surface area (Å²) in [5.74, 6) is 0. The Hall–Kier alpha value is 0.140. The molecule has 14 heavy (non-hydrogen) atoms. The third-order valence-electron chi connectivity index (χ3n) is 2.32. The molecule has 82 valence electrons. The van der Waals surface area contributed by atoms with E-state index in [1.54, 1.807) is 0 Å². The van der Waals surface area contributed by atoms with E-state index >= 15 is 0 Å². The highest BCUT2D eigenvalue weighted by Crippen LogP contribution is 2.09. The number of hydrogen-bond donors (Lipinski definition) is 0. The van der Waals surface area contributed by atoms with Gasteiger partial charge in [-0.25, -0.2) is 0 Å². The zero-order chi connectivity index (χ0) is 10.8. The lowest BCUT2D eigenvalue weighted by atomic mass is 10.1. The number of carbonyl (C=O) groups excluding carboxylic acids is 1. The van der Waals surface area contributed by atoms with Crippen LogP contribution in [0.1, 0.15) is 58.8 Å². The van der Waals surface area contributed by atoms with Gasteiger partial charge in [-0.3, -0.25) is 4.79 Å². The molecule has 0 spiro atoms. The summed E-state index contributed by atoms with van der Waals surface area (Å²) in [6, 6.07) is 0. The van der Waals surface area contributed by atoms with Crippen molar-refractivity contribution in [2.24, 2.45) is 0 Å². The van der Waals surface area contributed by atoms with Crippen LogP contribution >= 0.6 is 22.6 Å². The maximum absolute atomic E-state index is 10.9. The summed E-state index contributed by atoms with van der Waals surface area (Å²) in [6.07, 6.45) is 11.0. The van der Waals surface area contributed by atoms with Crippen molar-refractivity contribution in [3.63, 3.8) is 0 Å². The number of halogens is 1. The van der Waals surface area contributed by atoms with E-state index in [0.29, 0.717) is 0 Å². The van der Waals surface area contributed by atoms with Crippen molar-refractivity contribution in [2.75, 3.05) is 0 Å². The molecule has 0 saturated carbocycles. The standard InChI is InChI=1S/C12H21IO/c1-3-4-5-6-7-8-9-10-11(2)12(13)14/h10H,3-9H2,1-2H3. The van der Waals surface area contributed by atoms with Crippen LogP contribution in [0.5, 0.6) is 0 Å². The van der Waals surface area contributed by atoms with Gasteiger partial charge in [0.1, 0.15) is 0 Å². The Morgan fingerprint density at radius 2 is 1.71 bits per heavy atom. The molecule has 0 aliphatic rings. The number of unbranched alkanes of at least 4 members (excludes halogenated alkanes) is 6. The van der Waals surface area contributed by atoms with Crippen LogP contribution < -0.4 is 0 Å². The largest absolute Gasteiger partial charge is 0.283 e. The Morgan fingerprint density at radius 3 is 2.29 bits per heavy atom. The first-order valence-electron chi connectivity index (χ1n) is 5.55. The molecule has 0 aromatic carbocycles. The quantitative estimate of drug-likeness (QED) is 0.276. The third kappa shape index (κ3) is 8.73. The molecule has 0 saturated heterocycles. The van der Waals surface area contributed by atoms with E-state index in [1.807, 2.05) is 29.5 Å². The molecule has 0 aliphatic heterocycles. The van der Waals surface area contributed by atoms with E-state index in [0.717, 1.165) is 12.0 Å². The second-order valence-electron chi connectivity index (χ2n) is 3.72. The summed E-state index contributed by atoms with van der Waals surface area (Å²) < 4.78 is 0.175. The van der Waals surface area contributed by atoms with E-state index in [4.69, 9.17) is 0 Å². The maximum Gasteiger partial charge on any atom is 0.217 e. The predicted molar refractivity (Wildman–Crippen MR) is 70.8 cm³/mol. The van der Waals surface area contributed by atoms with Gasteiger partial charge in [-0.05, 0) is 25.3 Å². The second kappa shape index (κ2) is 9.69. The summed E-state index contributed by atoms with van der Waals surface area (Å²) in [7, 11) is 0. The van der Waals surface area contributed by atoms with Gasteiger partial charge in [0.05, 0.1) is 0 Å². The molecule has 0 aromatic heterocycles. The van der Waals surface area contributed by atoms with Gasteiger partial charge in [0, 0.05) is 22.6 Å². The predicted octanol–water partition coefficient (Wildman–Crippen LogP) is 4.64. The highest BCUT2D eigenvalue weighted by Gasteiger charge is 1.96. The molecule has 0 unspecified atom stereocenters. The molecule has 0 rings (SSSR count). The first-order valence-corrected chi connectivity index (χ1v) is 6.63. The molecule has 0 amide bonds. The minimum absolute atomic E-state index is 0.175. The second-order valence-corrected chi connectivity index (χ2v) is 4.70. The van der Waals surface area contributed by atoms with Crippen LogP contribution in [0.2, 0.25) is 0 Å². The molecule has 1 nitrogen and oxygen atoms in total. The molecule has 0 radical (unpaired) electrons. The smallest absolute Gasteiger partial charge is 0.217 e. The fourth-order valence-corrected chi connectivity index (χ4v) is 1.54. The van der Waals surface area contributed by atoms with Crippen molar-refractivity contribution in [3.8, 4) is 0 Å². The lowest BCUT2D eigenvalue weighted by Gasteiger charge is -1.98. The van der Waals surface area contributed by atoms with Crippen molar-refractivity contribution in [1.29, 1.82) is 0 Å². The molecule has 2 heteroatoms. The summed E-state index contributed by atoms with van der Waals surface area (Å²) in [5, 5.41) is 0. The van der Waals surface area contributed by atoms with Gasteiger partial charge in [-0.2, -0.15) is 0 Å². The van der Waals surface area contributed by atoms with Crippen molar-refractivity contribution in [1.82, 2.24) is 0 Å². The minimum Gasteiger partial charge on any atom is -0.283 e. The lowest BCUT2D eigenvalue weighted by molar-refractivity contribution is -0.106. The summed E-state index contributed by atoms with van der Waals surface area (Å²) in [6.45, 7) is 4.13. The van der Waals surface area contributed by atoms with Crippen LogP contribution in [0, 0.1) is 0 Å². The van der Waals surface area contributed by atoms with E-state index < -0.39 is 0 Å². The highest BCUT2D eigenvalue weighted by atomic mass is 127. The maximum atomic E-state index is 10.9. The number of rotatable bonds is 8. The molecular formula is C12H21IO. The fourth-order valence-electron chi connectivity index (χ4n) is 1.32. The van der Waals surface area contributed by atoms with Crippen LogP contribution in [-0.2, 0) is 4.79 Å². The van der Waals surface area contributed by atoms with Crippen molar-refractivity contribution >= 4 is 26.4 Å². The van der Waals surface area contributed by atoms with Gasteiger partial charge in [0.25, 0.3) is 0 Å². The molecular weight excluding hydrogens is 287 g/mol. The van der Waals surface area contributed by atoms with E-state index in [1.165, 1.54) is 38.5 Å². The van der Waals surface area contributed by atoms with Crippen molar-refractivity contribution in [3.05, 3.63) is 11.6 Å². The molecule has 0 bridgehead atoms. The van der Waals surface area contributed by atoms with Crippen LogP contribution in [0.25, 0.3) is 0 Å². The SMILES string of the molecule is CCCCCCCCC=C(C)C(=O)I. The van der Waals surface area contributed by atoms with Crippen LogP contribution in [-0.4, -0.2) is 3.79 Å². The summed E-state index contributed by atoms with van der Waals surface area (Å²) in [4.78, 5) is 10.9. The van der Waals surface area contributed by atoms with E-state index in [9.17, 15) is 4.79 Å². The van der Waals surface area contributed by atoms with Gasteiger partial charge in [0.15, 0.2) is 0 Å². The average Bonchev–Trinajstić information content (AvgIpc) is 2.16. The van der Waals surface area contributed by atoms with Crippen LogP contribution in [0.3, 0.4) is 0 Å². The molecule has 0 fully saturated rings. The Kier molecular flexibility index (Phi) is 9.78. The molecule has 0 N–H and O–H groups in total. The first kappa shape index (κ1) is 14.1. The average molecular weight is 308 g/mol. The normalized spacial score (nSPS) is 11.8. The number of carbonyl (C=O) groups is 1. The van der Waals surface area contributed by atoms with Crippen molar-refractivity contribution < 1.29 is 4.79 Å². The Morgan fingerprint density at radius 1 is 1.14 bits per heavy atom. The van der Waals surface area contributed by atoms with Crippen LogP contribution in [0.4, 0.5) is 0 Å². The van der Waals surface area contributed by atoms with Crippen molar-refractivity contribution in [2.45, 2.75) is 58.8 Å². The molecule has 0 heterocycles. The van der Waals surface area contributed by atoms with Gasteiger partial charge in [-0.15, -0.1) is 0 Å². The topological polar surface area (TPSA) is 17.1 Å². The summed E-state index contributed by atoms with van der Waals surface area (Å²) >= 11 is 1.84. The Balaban J connectivity index is 3.29. The zero-order valence-electron chi connectivity index (χ0n) is 9.31. The highest BCUT2D eigenvalue weighted by molar-refractivity contribution is 14.1. The molecule has 0 aliphatic carbocycles. The van der Waals surface area contributed by atoms with E-state index in [2.05, 4.69) is 13.0 Å². The van der Waals surface area contributed by atoms with Gasteiger partial charge < -0.3 is 0 Å².